The van der Waals surface area contributed by atoms with E-state index >= 15 is 0 Å². The molecule has 1 N–H and O–H groups in total. The van der Waals surface area contributed by atoms with Gasteiger partial charge in [-0.15, -0.1) is 0 Å². The Morgan fingerprint density at radius 1 is 1.19 bits per heavy atom. The molecule has 0 amide bonds. The van der Waals surface area contributed by atoms with E-state index in [-0.39, 0.29) is 13.3 Å². The first-order valence-corrected chi connectivity index (χ1v) is 13.1. The van der Waals surface area contributed by atoms with Crippen LogP contribution in [0.4, 0.5) is 10.2 Å². The Labute approximate surface area is 221 Å². The molecule has 1 atom stereocenters. The summed E-state index contributed by atoms with van der Waals surface area (Å²) in [4.78, 5) is 20.2. The van der Waals surface area contributed by atoms with Crippen molar-refractivity contribution in [3.05, 3.63) is 48.1 Å². The first kappa shape index (κ1) is 28.4. The van der Waals surface area contributed by atoms with Gasteiger partial charge >= 0.3 is 0 Å². The minimum Gasteiger partial charge on any atom is -0.379 e. The van der Waals surface area contributed by atoms with E-state index < -0.39 is 0 Å². The fourth-order valence-electron chi connectivity index (χ4n) is 4.41. The van der Waals surface area contributed by atoms with E-state index in [1.165, 1.54) is 12.4 Å². The maximum atomic E-state index is 14.9. The number of benzene rings is 1. The molecule has 9 heteroatoms. The van der Waals surface area contributed by atoms with Crippen molar-refractivity contribution in [3.8, 4) is 11.3 Å². The number of hydrogen-bond acceptors (Lipinski definition) is 7. The van der Waals surface area contributed by atoms with Crippen molar-refractivity contribution in [1.29, 1.82) is 0 Å². The Kier molecular flexibility index (Phi) is 10.3. The molecule has 2 aromatic heterocycles. The van der Waals surface area contributed by atoms with E-state index in [0.717, 1.165) is 44.2 Å². The maximum Gasteiger partial charge on any atom is 0.151 e. The van der Waals surface area contributed by atoms with Crippen LogP contribution in [0.25, 0.3) is 22.3 Å². The predicted octanol–water partition coefficient (Wildman–Crippen LogP) is 6.11. The molecule has 3 heterocycles. The topological polar surface area (TPSA) is 80.5 Å². The second-order valence-corrected chi connectivity index (χ2v) is 9.20. The lowest BCUT2D eigenvalue weighted by Gasteiger charge is -2.27. The summed E-state index contributed by atoms with van der Waals surface area (Å²) < 4.78 is 22.4. The van der Waals surface area contributed by atoms with Crippen LogP contribution in [0.5, 0.6) is 0 Å². The van der Waals surface area contributed by atoms with Crippen LogP contribution in [-0.4, -0.2) is 63.5 Å². The summed E-state index contributed by atoms with van der Waals surface area (Å²) in [5, 5.41) is 3.25. The fourth-order valence-corrected chi connectivity index (χ4v) is 4.41. The maximum absolute atomic E-state index is 14.9. The van der Waals surface area contributed by atoms with E-state index in [1.54, 1.807) is 6.07 Å². The normalized spacial score (nSPS) is 15.8. The van der Waals surface area contributed by atoms with Gasteiger partial charge in [-0.1, -0.05) is 20.8 Å². The molecule has 1 unspecified atom stereocenters. The summed E-state index contributed by atoms with van der Waals surface area (Å²) in [6.45, 7) is 18.5. The zero-order valence-corrected chi connectivity index (χ0v) is 23.1. The Morgan fingerprint density at radius 3 is 2.59 bits per heavy atom. The van der Waals surface area contributed by atoms with Gasteiger partial charge in [-0.25, -0.2) is 24.3 Å². The van der Waals surface area contributed by atoms with Gasteiger partial charge in [-0.2, -0.15) is 0 Å². The molecule has 4 rings (SSSR count). The van der Waals surface area contributed by atoms with Crippen LogP contribution in [-0.2, 0) is 4.74 Å². The number of imidazole rings is 1. The Balaban J connectivity index is 0.00000165. The van der Waals surface area contributed by atoms with Gasteiger partial charge in [0.15, 0.2) is 5.82 Å². The lowest BCUT2D eigenvalue weighted by molar-refractivity contribution is 0.0354. The SMILES string of the molecule is C/C=C(\N=C/C(C)CN1CCOCC1)Nc1cc(-c2cc(F)c3nc(C)n(C(C)C)c3c2)ncn1.CC.[HH]. The summed E-state index contributed by atoms with van der Waals surface area (Å²) in [5.74, 6) is 2.01. The molecule has 37 heavy (non-hydrogen) atoms. The third-order valence-corrected chi connectivity index (χ3v) is 6.05. The number of nitrogens with one attached hydrogen (secondary N) is 1. The molecule has 1 aliphatic heterocycles. The minimum atomic E-state index is -0.360. The summed E-state index contributed by atoms with van der Waals surface area (Å²) >= 11 is 0. The molecule has 8 nitrogen and oxygen atoms in total. The van der Waals surface area contributed by atoms with E-state index in [2.05, 4.69) is 50.9 Å². The molecule has 1 aromatic carbocycles. The molecule has 202 valence electrons. The summed E-state index contributed by atoms with van der Waals surface area (Å²) in [6.07, 6.45) is 5.33. The molecule has 0 radical (unpaired) electrons. The van der Waals surface area contributed by atoms with Crippen molar-refractivity contribution < 1.29 is 10.6 Å². The molecule has 3 aromatic rings. The molecule has 1 aliphatic rings. The van der Waals surface area contributed by atoms with Crippen molar-refractivity contribution in [2.45, 2.75) is 54.5 Å². The van der Waals surface area contributed by atoms with Crippen LogP contribution in [0.15, 0.2) is 41.4 Å². The second kappa shape index (κ2) is 13.4. The second-order valence-electron chi connectivity index (χ2n) is 9.20. The Hall–Kier alpha value is -3.17. The number of aliphatic imine (C=N–C) groups is 1. The average Bonchev–Trinajstić information content (AvgIpc) is 3.25. The van der Waals surface area contributed by atoms with Crippen LogP contribution < -0.4 is 5.32 Å². The number of nitrogens with zero attached hydrogens (tertiary/aromatic N) is 6. The van der Waals surface area contributed by atoms with E-state index in [0.29, 0.717) is 34.3 Å². The molecule has 0 saturated carbocycles. The van der Waals surface area contributed by atoms with Gasteiger partial charge in [-0.3, -0.25) is 4.90 Å². The van der Waals surface area contributed by atoms with E-state index in [1.807, 2.05) is 50.6 Å². The molecule has 0 aliphatic carbocycles. The number of allylic oxidation sites excluding steroid dienone is 1. The van der Waals surface area contributed by atoms with Crippen molar-refractivity contribution in [2.24, 2.45) is 10.9 Å². The Morgan fingerprint density at radius 2 is 1.92 bits per heavy atom. The van der Waals surface area contributed by atoms with E-state index in [4.69, 9.17) is 4.74 Å². The predicted molar refractivity (Wildman–Crippen MR) is 152 cm³/mol. The lowest BCUT2D eigenvalue weighted by Crippen LogP contribution is -2.39. The van der Waals surface area contributed by atoms with Gasteiger partial charge in [-0.05, 0) is 45.9 Å². The highest BCUT2D eigenvalue weighted by molar-refractivity contribution is 5.83. The van der Waals surface area contributed by atoms with Crippen LogP contribution in [0.3, 0.4) is 0 Å². The van der Waals surface area contributed by atoms with Crippen molar-refractivity contribution >= 4 is 23.1 Å². The lowest BCUT2D eigenvalue weighted by atomic mass is 10.1. The number of aryl methyl sites for hydroxylation is 1. The monoisotopic (exact) mass is 511 g/mol. The first-order valence-electron chi connectivity index (χ1n) is 13.1. The highest BCUT2D eigenvalue weighted by Crippen LogP contribution is 2.29. The molecular weight excluding hydrogens is 469 g/mol. The Bertz CT molecular complexity index is 1240. The molecule has 1 fully saturated rings. The standard InChI is InChI=1S/C26H34FN7O.C2H6.H2/c1-6-24(28-14-18(4)15-33-7-9-35-10-8-33)32-25-13-22(29-16-30-25)20-11-21(27)26-23(12-20)34(17(2)3)19(5)31-26;1-2;/h6,11-14,16-18H,7-10,15H2,1-5H3,(H,29,30,32);1-2H3;1H/b24-6+,28-14-;;. The molecule has 0 bridgehead atoms. The quantitative estimate of drug-likeness (QED) is 0.368. The van der Waals surface area contributed by atoms with Gasteiger partial charge in [0, 0.05) is 50.9 Å². The van der Waals surface area contributed by atoms with Crippen LogP contribution in [0, 0.1) is 18.7 Å². The van der Waals surface area contributed by atoms with Crippen LogP contribution in [0.1, 0.15) is 54.8 Å². The zero-order valence-electron chi connectivity index (χ0n) is 23.1. The van der Waals surface area contributed by atoms with E-state index in [9.17, 15) is 4.39 Å². The van der Waals surface area contributed by atoms with Crippen LogP contribution in [0.2, 0.25) is 0 Å². The summed E-state index contributed by atoms with van der Waals surface area (Å²) in [5.41, 5.74) is 2.43. The van der Waals surface area contributed by atoms with Gasteiger partial charge in [0.1, 0.15) is 29.3 Å². The van der Waals surface area contributed by atoms with Crippen molar-refractivity contribution in [1.82, 2.24) is 24.4 Å². The van der Waals surface area contributed by atoms with Gasteiger partial charge < -0.3 is 14.6 Å². The number of hydrogen-bond donors (Lipinski definition) is 1. The molecule has 1 saturated heterocycles. The zero-order chi connectivity index (χ0) is 26.9. The number of ether oxygens (including phenoxy) is 1. The molecular formula is C28H42FN7O. The largest absolute Gasteiger partial charge is 0.379 e. The van der Waals surface area contributed by atoms with Gasteiger partial charge in [0.05, 0.1) is 24.4 Å². The third-order valence-electron chi connectivity index (χ3n) is 6.05. The number of halogens is 1. The smallest absolute Gasteiger partial charge is 0.151 e. The van der Waals surface area contributed by atoms with Crippen molar-refractivity contribution in [2.75, 3.05) is 38.2 Å². The third kappa shape index (κ3) is 7.20. The number of rotatable bonds is 8. The number of morpholine rings is 1. The number of fused-ring (bicyclic) bond motifs is 1. The minimum absolute atomic E-state index is 0. The fraction of sp³-hybridized carbons (Fsp3) is 0.500. The number of aromatic nitrogens is 4. The van der Waals surface area contributed by atoms with Crippen LogP contribution >= 0.6 is 0 Å². The van der Waals surface area contributed by atoms with Crippen molar-refractivity contribution in [3.63, 3.8) is 0 Å². The molecule has 0 spiro atoms. The highest BCUT2D eigenvalue weighted by atomic mass is 19.1. The average molecular weight is 512 g/mol. The summed E-state index contributed by atoms with van der Waals surface area (Å²) in [6, 6.07) is 5.39. The first-order chi connectivity index (χ1) is 17.9. The highest BCUT2D eigenvalue weighted by Gasteiger charge is 2.17. The summed E-state index contributed by atoms with van der Waals surface area (Å²) in [7, 11) is 0. The van der Waals surface area contributed by atoms with Gasteiger partial charge in [0.25, 0.3) is 0 Å². The van der Waals surface area contributed by atoms with Gasteiger partial charge in [0.2, 0.25) is 0 Å². The number of anilines is 1.